The molecule has 1 heterocycles. The summed E-state index contributed by atoms with van der Waals surface area (Å²) < 4.78 is 23.8. The third kappa shape index (κ3) is 2.82. The van der Waals surface area contributed by atoms with Crippen molar-refractivity contribution < 1.29 is 8.42 Å². The molecule has 3 aromatic rings. The van der Waals surface area contributed by atoms with Gasteiger partial charge in [0.15, 0.2) is 9.84 Å². The Kier molecular flexibility index (Phi) is 3.62. The van der Waals surface area contributed by atoms with Gasteiger partial charge >= 0.3 is 0 Å². The van der Waals surface area contributed by atoms with Gasteiger partial charge < -0.3 is 4.98 Å². The number of H-pyrrole nitrogens is 1. The number of sulfone groups is 1. The van der Waals surface area contributed by atoms with Crippen molar-refractivity contribution in [2.75, 3.05) is 6.26 Å². The molecular formula is C15H11BrN2O3S. The molecule has 1 aromatic heterocycles. The first-order valence-corrected chi connectivity index (χ1v) is 9.03. The van der Waals surface area contributed by atoms with Gasteiger partial charge in [-0.1, -0.05) is 15.9 Å². The molecule has 0 saturated heterocycles. The second kappa shape index (κ2) is 5.33. The summed E-state index contributed by atoms with van der Waals surface area (Å²) in [7, 11) is -3.25. The number of rotatable bonds is 2. The highest BCUT2D eigenvalue weighted by Crippen LogP contribution is 2.20. The van der Waals surface area contributed by atoms with Gasteiger partial charge in [0, 0.05) is 16.3 Å². The van der Waals surface area contributed by atoms with Crippen LogP contribution in [0.3, 0.4) is 0 Å². The lowest BCUT2D eigenvalue weighted by atomic mass is 10.2. The lowest BCUT2D eigenvalue weighted by molar-refractivity contribution is 0.602. The summed E-state index contributed by atoms with van der Waals surface area (Å²) in [5, 5.41) is 0.500. The van der Waals surface area contributed by atoms with Gasteiger partial charge in [-0.3, -0.25) is 4.79 Å². The minimum absolute atomic E-state index is 0.224. The van der Waals surface area contributed by atoms with Crippen molar-refractivity contribution >= 4 is 36.7 Å². The van der Waals surface area contributed by atoms with Crippen molar-refractivity contribution in [2.45, 2.75) is 4.90 Å². The molecular weight excluding hydrogens is 368 g/mol. The zero-order valence-corrected chi connectivity index (χ0v) is 13.9. The molecule has 5 nitrogen and oxygen atoms in total. The molecule has 0 spiro atoms. The fraction of sp³-hybridized carbons (Fsp3) is 0.0667. The highest BCUT2D eigenvalue weighted by molar-refractivity contribution is 9.10. The summed E-state index contributed by atoms with van der Waals surface area (Å²) in [5.41, 5.74) is 0.978. The number of nitrogens with one attached hydrogen (secondary N) is 1. The van der Waals surface area contributed by atoms with Crippen LogP contribution in [0.4, 0.5) is 0 Å². The lowest BCUT2D eigenvalue weighted by Crippen LogP contribution is -2.09. The molecule has 0 saturated carbocycles. The molecule has 1 N–H and O–H groups in total. The summed E-state index contributed by atoms with van der Waals surface area (Å²) in [4.78, 5) is 19.5. The lowest BCUT2D eigenvalue weighted by Gasteiger charge is -2.05. The largest absolute Gasteiger partial charge is 0.306 e. The van der Waals surface area contributed by atoms with Crippen LogP contribution >= 0.6 is 15.9 Å². The molecule has 2 aromatic carbocycles. The summed E-state index contributed by atoms with van der Waals surface area (Å²) in [5.74, 6) is 0.399. The first kappa shape index (κ1) is 14.9. The molecule has 0 aliphatic carbocycles. The maximum atomic E-state index is 12.1. The van der Waals surface area contributed by atoms with Crippen LogP contribution in [-0.4, -0.2) is 24.6 Å². The molecule has 0 aliphatic rings. The van der Waals surface area contributed by atoms with Crippen molar-refractivity contribution in [2.24, 2.45) is 0 Å². The highest BCUT2D eigenvalue weighted by atomic mass is 79.9. The Morgan fingerprint density at radius 1 is 1.09 bits per heavy atom. The maximum Gasteiger partial charge on any atom is 0.259 e. The van der Waals surface area contributed by atoms with E-state index in [1.807, 2.05) is 0 Å². The number of nitrogens with zero attached hydrogens (tertiary/aromatic N) is 1. The minimum atomic E-state index is -3.25. The van der Waals surface area contributed by atoms with Gasteiger partial charge in [-0.15, -0.1) is 0 Å². The first-order valence-electron chi connectivity index (χ1n) is 6.35. The Labute approximate surface area is 135 Å². The average Bonchev–Trinajstić information content (AvgIpc) is 2.46. The van der Waals surface area contributed by atoms with Crippen molar-refractivity contribution in [3.05, 3.63) is 57.3 Å². The second-order valence-electron chi connectivity index (χ2n) is 4.87. The molecule has 7 heteroatoms. The van der Waals surface area contributed by atoms with E-state index in [-0.39, 0.29) is 10.5 Å². The molecule has 0 aliphatic heterocycles. The Morgan fingerprint density at radius 2 is 1.77 bits per heavy atom. The van der Waals surface area contributed by atoms with Gasteiger partial charge in [0.05, 0.1) is 15.8 Å². The van der Waals surface area contributed by atoms with Crippen LogP contribution in [0, 0.1) is 0 Å². The van der Waals surface area contributed by atoms with Gasteiger partial charge in [0.2, 0.25) is 0 Å². The van der Waals surface area contributed by atoms with Gasteiger partial charge in [0.25, 0.3) is 5.56 Å². The van der Waals surface area contributed by atoms with E-state index in [4.69, 9.17) is 0 Å². The predicted octanol–water partition coefficient (Wildman–Crippen LogP) is 2.76. The maximum absolute atomic E-state index is 12.1. The van der Waals surface area contributed by atoms with Gasteiger partial charge in [-0.05, 0) is 42.5 Å². The van der Waals surface area contributed by atoms with Crippen molar-refractivity contribution in [1.29, 1.82) is 0 Å². The molecule has 0 fully saturated rings. The van der Waals surface area contributed by atoms with Crippen LogP contribution in [-0.2, 0) is 9.84 Å². The Morgan fingerprint density at radius 3 is 2.41 bits per heavy atom. The van der Waals surface area contributed by atoms with Gasteiger partial charge in [-0.25, -0.2) is 13.4 Å². The minimum Gasteiger partial charge on any atom is -0.306 e. The number of aromatic amines is 1. The van der Waals surface area contributed by atoms with Crippen LogP contribution in [0.5, 0.6) is 0 Å². The van der Waals surface area contributed by atoms with Crippen LogP contribution in [0.2, 0.25) is 0 Å². The second-order valence-corrected chi connectivity index (χ2v) is 7.80. The Hall–Kier alpha value is -1.99. The van der Waals surface area contributed by atoms with Gasteiger partial charge in [-0.2, -0.15) is 0 Å². The molecule has 3 rings (SSSR count). The van der Waals surface area contributed by atoms with Crippen molar-refractivity contribution in [3.63, 3.8) is 0 Å². The van der Waals surface area contributed by atoms with Crippen LogP contribution in [0.1, 0.15) is 0 Å². The predicted molar refractivity (Wildman–Crippen MR) is 88.6 cm³/mol. The smallest absolute Gasteiger partial charge is 0.259 e. The number of fused-ring (bicyclic) bond motifs is 1. The molecule has 22 heavy (non-hydrogen) atoms. The molecule has 112 valence electrons. The first-order chi connectivity index (χ1) is 10.3. The monoisotopic (exact) mass is 378 g/mol. The quantitative estimate of drug-likeness (QED) is 0.743. The van der Waals surface area contributed by atoms with E-state index in [2.05, 4.69) is 25.9 Å². The van der Waals surface area contributed by atoms with E-state index in [0.29, 0.717) is 22.3 Å². The van der Waals surface area contributed by atoms with Crippen molar-refractivity contribution in [3.8, 4) is 11.4 Å². The summed E-state index contributed by atoms with van der Waals surface area (Å²) in [6.45, 7) is 0. The third-order valence-corrected chi connectivity index (χ3v) is 4.85. The van der Waals surface area contributed by atoms with Crippen LogP contribution < -0.4 is 5.56 Å². The Bertz CT molecular complexity index is 1020. The summed E-state index contributed by atoms with van der Waals surface area (Å²) in [6.07, 6.45) is 1.15. The topological polar surface area (TPSA) is 79.9 Å². The van der Waals surface area contributed by atoms with E-state index in [9.17, 15) is 13.2 Å². The molecule has 0 atom stereocenters. The third-order valence-electron chi connectivity index (χ3n) is 3.22. The summed E-state index contributed by atoms with van der Waals surface area (Å²) in [6, 6.07) is 11.5. The zero-order chi connectivity index (χ0) is 15.9. The van der Waals surface area contributed by atoms with Crippen LogP contribution in [0.15, 0.2) is 56.6 Å². The molecule has 0 bridgehead atoms. The van der Waals surface area contributed by atoms with E-state index < -0.39 is 9.84 Å². The molecule has 0 unspecified atom stereocenters. The summed E-state index contributed by atoms with van der Waals surface area (Å²) >= 11 is 3.35. The van der Waals surface area contributed by atoms with Crippen molar-refractivity contribution in [1.82, 2.24) is 9.97 Å². The van der Waals surface area contributed by atoms with E-state index >= 15 is 0 Å². The SMILES string of the molecule is CS(=O)(=O)c1ccc(-c2nc3cc(Br)ccc3c(=O)[nH]2)cc1. The van der Waals surface area contributed by atoms with E-state index in [0.717, 1.165) is 10.7 Å². The van der Waals surface area contributed by atoms with Gasteiger partial charge in [0.1, 0.15) is 5.82 Å². The average molecular weight is 379 g/mol. The number of halogens is 1. The fourth-order valence-electron chi connectivity index (χ4n) is 2.11. The number of aromatic nitrogens is 2. The normalized spacial score (nSPS) is 11.7. The standard InChI is InChI=1S/C15H11BrN2O3S/c1-22(20,21)11-5-2-9(3-6-11)14-17-13-8-10(16)4-7-12(13)15(19)18-14/h2-8H,1H3,(H,17,18,19). The molecule has 0 amide bonds. The highest BCUT2D eigenvalue weighted by Gasteiger charge is 2.09. The Balaban J connectivity index is 2.16. The van der Waals surface area contributed by atoms with E-state index in [1.165, 1.54) is 12.1 Å². The number of hydrogen-bond donors (Lipinski definition) is 1. The fourth-order valence-corrected chi connectivity index (χ4v) is 3.09. The van der Waals surface area contributed by atoms with Crippen LogP contribution in [0.25, 0.3) is 22.3 Å². The van der Waals surface area contributed by atoms with E-state index in [1.54, 1.807) is 30.3 Å². The zero-order valence-electron chi connectivity index (χ0n) is 11.5. The number of hydrogen-bond acceptors (Lipinski definition) is 4. The number of benzene rings is 2. The molecule has 0 radical (unpaired) electrons.